The summed E-state index contributed by atoms with van der Waals surface area (Å²) >= 11 is 0. The topological polar surface area (TPSA) is 87.0 Å². The number of ether oxygens (including phenoxy) is 1. The molecule has 4 unspecified atom stereocenters. The van der Waals surface area contributed by atoms with E-state index in [1.54, 1.807) is 0 Å². The maximum absolute atomic E-state index is 13.4. The predicted octanol–water partition coefficient (Wildman–Crippen LogP) is 5.12. The predicted molar refractivity (Wildman–Crippen MR) is 140 cm³/mol. The van der Waals surface area contributed by atoms with Gasteiger partial charge in [0.2, 0.25) is 0 Å². The van der Waals surface area contributed by atoms with Gasteiger partial charge in [-0.15, -0.1) is 0 Å². The van der Waals surface area contributed by atoms with E-state index in [-0.39, 0.29) is 40.0 Å². The highest BCUT2D eigenvalue weighted by Crippen LogP contribution is 2.75. The fraction of sp³-hybridized carbons (Fsp3) is 0.903. The summed E-state index contributed by atoms with van der Waals surface area (Å²) < 4.78 is 5.46. The smallest absolute Gasteiger partial charge is 0.312 e. The Bertz CT molecular complexity index is 957. The Balaban J connectivity index is 1.66. The van der Waals surface area contributed by atoms with Crippen LogP contribution in [0.3, 0.4) is 0 Å². The number of allylic oxidation sites excluding steroid dienone is 1. The van der Waals surface area contributed by atoms with Crippen LogP contribution in [0.25, 0.3) is 0 Å². The van der Waals surface area contributed by atoms with Gasteiger partial charge >= 0.3 is 5.97 Å². The van der Waals surface area contributed by atoms with Gasteiger partial charge < -0.3 is 20.1 Å². The van der Waals surface area contributed by atoms with Crippen LogP contribution in [0.5, 0.6) is 0 Å². The van der Waals surface area contributed by atoms with Crippen LogP contribution in [0.4, 0.5) is 0 Å². The zero-order chi connectivity index (χ0) is 26.6. The number of esters is 1. The van der Waals surface area contributed by atoms with Gasteiger partial charge in [0.25, 0.3) is 0 Å². The van der Waals surface area contributed by atoms with Crippen molar-refractivity contribution in [1.82, 2.24) is 0 Å². The van der Waals surface area contributed by atoms with E-state index in [4.69, 9.17) is 4.74 Å². The summed E-state index contributed by atoms with van der Waals surface area (Å²) in [5.74, 6) is 1.08. The Kier molecular flexibility index (Phi) is 5.97. The summed E-state index contributed by atoms with van der Waals surface area (Å²) in [6.45, 7) is 15.9. The van der Waals surface area contributed by atoms with Gasteiger partial charge in [-0.2, -0.15) is 0 Å². The minimum atomic E-state index is -0.786. The van der Waals surface area contributed by atoms with Crippen LogP contribution in [0.2, 0.25) is 0 Å². The highest BCUT2D eigenvalue weighted by Gasteiger charge is 2.72. The molecule has 0 heterocycles. The third-order valence-corrected chi connectivity index (χ3v) is 13.5. The van der Waals surface area contributed by atoms with Crippen LogP contribution >= 0.6 is 0 Å². The molecule has 4 saturated carbocycles. The van der Waals surface area contributed by atoms with Crippen molar-refractivity contribution < 1.29 is 24.9 Å². The van der Waals surface area contributed by atoms with E-state index < -0.39 is 29.1 Å². The van der Waals surface area contributed by atoms with Crippen molar-refractivity contribution in [3.63, 3.8) is 0 Å². The lowest BCUT2D eigenvalue weighted by Crippen LogP contribution is -2.69. The molecular formula is C31H50O5. The molecule has 0 amide bonds. The third-order valence-electron chi connectivity index (χ3n) is 13.5. The van der Waals surface area contributed by atoms with E-state index >= 15 is 0 Å². The van der Waals surface area contributed by atoms with Crippen LogP contribution < -0.4 is 0 Å². The Hall–Kier alpha value is -0.910. The zero-order valence-corrected chi connectivity index (χ0v) is 23.8. The standard InChI is InChI=1S/C31H50O5/c1-17-9-12-31(26(35)36-8)14-13-29(6)19(23(31)18(17)2)15-20(32)24-28(5)16-21(33)25(34)27(3,4)22(28)10-11-30(24,29)7/h15,17-18,20-25,32-34H,9-14,16H2,1-8H3/t17-,18+,20?,21-,22?,23?,24?,25+,28+,29-,30-,31+/m1/s1. The van der Waals surface area contributed by atoms with Gasteiger partial charge in [-0.05, 0) is 90.3 Å². The fourth-order valence-electron chi connectivity index (χ4n) is 11.3. The molecule has 5 aliphatic carbocycles. The SMILES string of the molecule is COC(=O)[C@]12CC[C@@H](C)[C@H](C)C1C1=CC(O)C3[C@@]4(C)C[C@@H](O)[C@H](O)C(C)(C)C4CC[C@@]3(C)[C@]1(C)CC2. The van der Waals surface area contributed by atoms with Gasteiger partial charge in [-0.1, -0.05) is 60.1 Å². The lowest BCUT2D eigenvalue weighted by Gasteiger charge is -2.72. The highest BCUT2D eigenvalue weighted by atomic mass is 16.5. The van der Waals surface area contributed by atoms with E-state index in [0.717, 1.165) is 38.5 Å². The zero-order valence-electron chi connectivity index (χ0n) is 23.8. The highest BCUT2D eigenvalue weighted by molar-refractivity contribution is 5.78. The summed E-state index contributed by atoms with van der Waals surface area (Å²) in [7, 11) is 1.53. The van der Waals surface area contributed by atoms with Crippen molar-refractivity contribution in [2.45, 2.75) is 112 Å². The normalized spacial score (nSPS) is 55.8. The molecule has 3 N–H and O–H groups in total. The van der Waals surface area contributed by atoms with Crippen molar-refractivity contribution in [3.8, 4) is 0 Å². The molecule has 0 spiro atoms. The maximum Gasteiger partial charge on any atom is 0.312 e. The summed E-state index contributed by atoms with van der Waals surface area (Å²) in [6.07, 6.45) is 6.11. The first-order valence-corrected chi connectivity index (χ1v) is 14.5. The van der Waals surface area contributed by atoms with E-state index in [9.17, 15) is 20.1 Å². The van der Waals surface area contributed by atoms with E-state index in [2.05, 4.69) is 54.5 Å². The van der Waals surface area contributed by atoms with Gasteiger partial charge in [0, 0.05) is 5.92 Å². The molecule has 5 aliphatic rings. The molecule has 5 rings (SSSR count). The molecule has 204 valence electrons. The van der Waals surface area contributed by atoms with Crippen LogP contribution in [-0.2, 0) is 9.53 Å². The number of aliphatic hydroxyl groups excluding tert-OH is 3. The number of fused-ring (bicyclic) bond motifs is 7. The molecular weight excluding hydrogens is 452 g/mol. The minimum Gasteiger partial charge on any atom is -0.469 e. The Labute approximate surface area is 218 Å². The monoisotopic (exact) mass is 502 g/mol. The largest absolute Gasteiger partial charge is 0.469 e. The molecule has 12 atom stereocenters. The van der Waals surface area contributed by atoms with Crippen LogP contribution in [0.15, 0.2) is 11.6 Å². The second-order valence-corrected chi connectivity index (χ2v) is 15.0. The Morgan fingerprint density at radius 3 is 2.28 bits per heavy atom. The lowest BCUT2D eigenvalue weighted by molar-refractivity contribution is -0.248. The second kappa shape index (κ2) is 8.05. The van der Waals surface area contributed by atoms with Crippen LogP contribution in [0, 0.1) is 56.7 Å². The first kappa shape index (κ1) is 26.7. The third kappa shape index (κ3) is 3.03. The van der Waals surface area contributed by atoms with E-state index in [1.165, 1.54) is 12.7 Å². The lowest BCUT2D eigenvalue weighted by atomic mass is 9.32. The van der Waals surface area contributed by atoms with Crippen LogP contribution in [-0.4, -0.2) is 46.7 Å². The molecule has 0 aromatic rings. The molecule has 0 aliphatic heterocycles. The van der Waals surface area contributed by atoms with Crippen LogP contribution in [0.1, 0.15) is 93.4 Å². The number of carbonyl (C=O) groups is 1. The molecule has 0 saturated heterocycles. The average Bonchev–Trinajstić information content (AvgIpc) is 2.80. The quantitative estimate of drug-likeness (QED) is 0.342. The average molecular weight is 503 g/mol. The number of hydrogen-bond acceptors (Lipinski definition) is 5. The van der Waals surface area contributed by atoms with Crippen molar-refractivity contribution in [2.24, 2.45) is 56.7 Å². The minimum absolute atomic E-state index is 0.0131. The van der Waals surface area contributed by atoms with Gasteiger partial charge in [0.15, 0.2) is 0 Å². The first-order chi connectivity index (χ1) is 16.6. The number of aliphatic hydroxyl groups is 3. The number of methoxy groups -OCH3 is 1. The second-order valence-electron chi connectivity index (χ2n) is 15.0. The summed E-state index contributed by atoms with van der Waals surface area (Å²) in [6, 6.07) is 0. The summed E-state index contributed by atoms with van der Waals surface area (Å²) in [5.41, 5.74) is -0.211. The van der Waals surface area contributed by atoms with E-state index in [1.807, 2.05) is 0 Å². The maximum atomic E-state index is 13.4. The molecule has 5 nitrogen and oxygen atoms in total. The van der Waals surface area contributed by atoms with Crippen molar-refractivity contribution in [3.05, 3.63) is 11.6 Å². The number of carbonyl (C=O) groups excluding carboxylic acids is 1. The molecule has 0 aromatic heterocycles. The Morgan fingerprint density at radius 1 is 0.972 bits per heavy atom. The number of hydrogen-bond donors (Lipinski definition) is 3. The Morgan fingerprint density at radius 2 is 1.64 bits per heavy atom. The fourth-order valence-corrected chi connectivity index (χ4v) is 11.3. The van der Waals surface area contributed by atoms with E-state index in [0.29, 0.717) is 18.3 Å². The summed E-state index contributed by atoms with van der Waals surface area (Å²) in [4.78, 5) is 13.4. The van der Waals surface area contributed by atoms with Gasteiger partial charge in [0.1, 0.15) is 0 Å². The van der Waals surface area contributed by atoms with Crippen molar-refractivity contribution in [1.29, 1.82) is 0 Å². The molecule has 0 radical (unpaired) electrons. The summed E-state index contributed by atoms with van der Waals surface area (Å²) in [5, 5.41) is 34.0. The van der Waals surface area contributed by atoms with Gasteiger partial charge in [-0.25, -0.2) is 0 Å². The molecule has 5 heteroatoms. The van der Waals surface area contributed by atoms with Crippen molar-refractivity contribution in [2.75, 3.05) is 7.11 Å². The first-order valence-electron chi connectivity index (χ1n) is 14.5. The van der Waals surface area contributed by atoms with Gasteiger partial charge in [0.05, 0.1) is 30.8 Å². The molecule has 36 heavy (non-hydrogen) atoms. The molecule has 0 bridgehead atoms. The molecule has 4 fully saturated rings. The molecule has 0 aromatic carbocycles. The number of rotatable bonds is 1. The van der Waals surface area contributed by atoms with Gasteiger partial charge in [-0.3, -0.25) is 4.79 Å². The van der Waals surface area contributed by atoms with Crippen molar-refractivity contribution >= 4 is 5.97 Å².